The maximum atomic E-state index is 14.6. The van der Waals surface area contributed by atoms with Gasteiger partial charge in [0.2, 0.25) is 0 Å². The van der Waals surface area contributed by atoms with Crippen LogP contribution in [0.25, 0.3) is 5.82 Å². The molecule has 1 fully saturated rings. The van der Waals surface area contributed by atoms with Crippen LogP contribution in [0.15, 0.2) is 35.6 Å². The first-order valence-electron chi connectivity index (χ1n) is 12.7. The van der Waals surface area contributed by atoms with Crippen molar-refractivity contribution in [2.24, 2.45) is 5.10 Å². The summed E-state index contributed by atoms with van der Waals surface area (Å²) in [6.07, 6.45) is 2.49. The van der Waals surface area contributed by atoms with E-state index in [4.69, 9.17) is 10.00 Å². The molecule has 13 heteroatoms. The van der Waals surface area contributed by atoms with Gasteiger partial charge in [0.15, 0.2) is 17.4 Å². The molecular formula is C27H26F2N8O3. The van der Waals surface area contributed by atoms with Gasteiger partial charge >= 0.3 is 6.03 Å². The van der Waals surface area contributed by atoms with Crippen molar-refractivity contribution in [3.8, 4) is 17.6 Å². The molecule has 1 N–H and O–H groups in total. The van der Waals surface area contributed by atoms with Gasteiger partial charge in [0.25, 0.3) is 5.91 Å². The second-order valence-corrected chi connectivity index (χ2v) is 9.50. The molecule has 40 heavy (non-hydrogen) atoms. The Morgan fingerprint density at radius 2 is 1.98 bits per heavy atom. The van der Waals surface area contributed by atoms with Crippen LogP contribution in [0.1, 0.15) is 52.3 Å². The number of likely N-dealkylation sites (tertiary alicyclic amines) is 1. The topological polar surface area (TPSA) is 129 Å². The molecule has 1 atom stereocenters. The number of pyridine rings is 1. The molecule has 1 saturated heterocycles. The Balaban J connectivity index is 1.26. The minimum absolute atomic E-state index is 0.0601. The van der Waals surface area contributed by atoms with Crippen LogP contribution in [-0.4, -0.2) is 68.6 Å². The van der Waals surface area contributed by atoms with E-state index >= 15 is 0 Å². The number of nitrogens with one attached hydrogen (secondary N) is 1. The number of nitrogens with zero attached hydrogens (tertiary/aromatic N) is 7. The van der Waals surface area contributed by atoms with Gasteiger partial charge in [-0.25, -0.2) is 28.3 Å². The second-order valence-electron chi connectivity index (χ2n) is 9.50. The molecule has 0 radical (unpaired) electrons. The lowest BCUT2D eigenvalue weighted by molar-refractivity contribution is 0.0256. The highest BCUT2D eigenvalue weighted by atomic mass is 19.1. The van der Waals surface area contributed by atoms with Crippen LogP contribution < -0.4 is 10.1 Å². The lowest BCUT2D eigenvalue weighted by Gasteiger charge is -2.41. The average molecular weight is 549 g/mol. The minimum Gasteiger partial charge on any atom is -0.483 e. The molecule has 0 saturated carbocycles. The van der Waals surface area contributed by atoms with E-state index in [2.05, 4.69) is 20.5 Å². The van der Waals surface area contributed by atoms with Crippen LogP contribution in [0, 0.1) is 36.8 Å². The van der Waals surface area contributed by atoms with Gasteiger partial charge in [-0.1, -0.05) is 0 Å². The molecule has 0 unspecified atom stereocenters. The molecule has 0 aliphatic carbocycles. The van der Waals surface area contributed by atoms with Crippen molar-refractivity contribution in [1.29, 1.82) is 5.26 Å². The molecular weight excluding hydrogens is 522 g/mol. The normalized spacial score (nSPS) is 16.6. The molecule has 0 bridgehead atoms. The predicted molar refractivity (Wildman–Crippen MR) is 139 cm³/mol. The Morgan fingerprint density at radius 3 is 2.70 bits per heavy atom. The number of urea groups is 1. The van der Waals surface area contributed by atoms with Crippen LogP contribution in [0.2, 0.25) is 0 Å². The van der Waals surface area contributed by atoms with Crippen LogP contribution in [0.3, 0.4) is 0 Å². The Morgan fingerprint density at radius 1 is 1.20 bits per heavy atom. The minimum atomic E-state index is -0.678. The highest BCUT2D eigenvalue weighted by molar-refractivity contribution is 5.96. The fourth-order valence-electron chi connectivity index (χ4n) is 4.80. The first kappa shape index (κ1) is 26.7. The Hall–Kier alpha value is -4.86. The van der Waals surface area contributed by atoms with E-state index < -0.39 is 29.8 Å². The summed E-state index contributed by atoms with van der Waals surface area (Å²) in [6.45, 7) is 6.09. The predicted octanol–water partition coefficient (Wildman–Crippen LogP) is 3.40. The van der Waals surface area contributed by atoms with Crippen molar-refractivity contribution in [2.45, 2.75) is 39.3 Å². The fourth-order valence-corrected chi connectivity index (χ4v) is 4.80. The number of hydrogen-bond acceptors (Lipinski definition) is 7. The standard InChI is InChI=1S/C27H26F2N8O3/c1-4-31-26(38)25-15(2)34-36(16(25)3)24-10-23(21(29)12-32-24)40-20-13-35(14-20)27(39)37-22(5-6-33-37)18-7-17(11-30)8-19(28)9-18/h6-10,12,20,22H,4-5,13-14H2,1-3H3,(H,31,38)/t22-/m0/s1. The largest absolute Gasteiger partial charge is 0.483 e. The highest BCUT2D eigenvalue weighted by Crippen LogP contribution is 2.32. The second kappa shape index (κ2) is 10.7. The third kappa shape index (κ3) is 4.95. The molecule has 206 valence electrons. The summed E-state index contributed by atoms with van der Waals surface area (Å²) in [6, 6.07) is 6.32. The molecule has 2 aliphatic rings. The number of ether oxygens (including phenoxy) is 1. The number of aryl methyl sites for hydroxylation is 1. The number of aromatic nitrogens is 3. The van der Waals surface area contributed by atoms with Gasteiger partial charge in [-0.05, 0) is 44.5 Å². The zero-order valence-corrected chi connectivity index (χ0v) is 22.1. The van der Waals surface area contributed by atoms with Gasteiger partial charge in [0.05, 0.1) is 53.9 Å². The van der Waals surface area contributed by atoms with Crippen LogP contribution in [0.4, 0.5) is 13.6 Å². The van der Waals surface area contributed by atoms with Crippen molar-refractivity contribution in [2.75, 3.05) is 19.6 Å². The van der Waals surface area contributed by atoms with Crippen molar-refractivity contribution < 1.29 is 23.1 Å². The summed E-state index contributed by atoms with van der Waals surface area (Å²) in [4.78, 5) is 31.2. The van der Waals surface area contributed by atoms with Gasteiger partial charge in [-0.3, -0.25) is 4.79 Å². The summed E-state index contributed by atoms with van der Waals surface area (Å²) in [5.74, 6) is -1.28. The fraction of sp³-hybridized carbons (Fsp3) is 0.333. The number of carbonyl (C=O) groups is 2. The zero-order chi connectivity index (χ0) is 28.6. The van der Waals surface area contributed by atoms with E-state index in [-0.39, 0.29) is 36.1 Å². The van der Waals surface area contributed by atoms with E-state index in [1.165, 1.54) is 32.8 Å². The van der Waals surface area contributed by atoms with Crippen molar-refractivity contribution in [3.05, 3.63) is 70.2 Å². The quantitative estimate of drug-likeness (QED) is 0.503. The monoisotopic (exact) mass is 548 g/mol. The lowest BCUT2D eigenvalue weighted by atomic mass is 10.0. The van der Waals surface area contributed by atoms with Crippen LogP contribution in [0.5, 0.6) is 5.75 Å². The van der Waals surface area contributed by atoms with Gasteiger partial charge in [-0.15, -0.1) is 0 Å². The van der Waals surface area contributed by atoms with Gasteiger partial charge in [0, 0.05) is 25.2 Å². The van der Waals surface area contributed by atoms with Crippen molar-refractivity contribution in [1.82, 2.24) is 30.0 Å². The molecule has 0 spiro atoms. The van der Waals surface area contributed by atoms with Gasteiger partial charge < -0.3 is 15.0 Å². The van der Waals surface area contributed by atoms with Crippen LogP contribution >= 0.6 is 0 Å². The zero-order valence-electron chi connectivity index (χ0n) is 22.1. The maximum absolute atomic E-state index is 14.6. The third-order valence-corrected chi connectivity index (χ3v) is 6.75. The Bertz CT molecular complexity index is 1560. The number of hydrazone groups is 1. The number of rotatable bonds is 6. The summed E-state index contributed by atoms with van der Waals surface area (Å²) in [5.41, 5.74) is 2.12. The van der Waals surface area contributed by atoms with E-state index in [1.807, 2.05) is 13.0 Å². The van der Waals surface area contributed by atoms with Gasteiger partial charge in [-0.2, -0.15) is 15.5 Å². The SMILES string of the molecule is CCNC(=O)c1c(C)nn(-c2cc(OC3CN(C(=O)N4N=CC[C@H]4c4cc(F)cc(C#N)c4)C3)c(F)cn2)c1C. The molecule has 2 aliphatic heterocycles. The smallest absolute Gasteiger partial charge is 0.341 e. The summed E-state index contributed by atoms with van der Waals surface area (Å²) < 4.78 is 35.9. The first-order chi connectivity index (χ1) is 19.2. The molecule has 5 rings (SSSR count). The van der Waals surface area contributed by atoms with Gasteiger partial charge in [0.1, 0.15) is 11.9 Å². The maximum Gasteiger partial charge on any atom is 0.341 e. The Labute approximate surface area is 228 Å². The molecule has 1 aromatic carbocycles. The summed E-state index contributed by atoms with van der Waals surface area (Å²) in [7, 11) is 0. The highest BCUT2D eigenvalue weighted by Gasteiger charge is 2.39. The first-order valence-corrected chi connectivity index (χ1v) is 12.7. The average Bonchev–Trinajstić information content (AvgIpc) is 3.50. The molecule has 4 heterocycles. The third-order valence-electron chi connectivity index (χ3n) is 6.75. The van der Waals surface area contributed by atoms with Crippen molar-refractivity contribution in [3.63, 3.8) is 0 Å². The summed E-state index contributed by atoms with van der Waals surface area (Å²) in [5, 5.41) is 21.7. The van der Waals surface area contributed by atoms with E-state index in [0.717, 1.165) is 12.3 Å². The number of carbonyl (C=O) groups excluding carboxylic acids is 2. The lowest BCUT2D eigenvalue weighted by Crippen LogP contribution is -2.58. The number of amides is 3. The molecule has 11 nitrogen and oxygen atoms in total. The number of benzene rings is 1. The Kier molecular flexibility index (Phi) is 7.17. The van der Waals surface area contributed by atoms with Crippen molar-refractivity contribution >= 4 is 18.2 Å². The van der Waals surface area contributed by atoms with E-state index in [9.17, 15) is 18.4 Å². The van der Waals surface area contributed by atoms with E-state index in [1.54, 1.807) is 20.1 Å². The van der Waals surface area contributed by atoms with E-state index in [0.29, 0.717) is 35.5 Å². The number of halogens is 2. The molecule has 3 amide bonds. The van der Waals surface area contributed by atoms with Crippen LogP contribution in [-0.2, 0) is 0 Å². The molecule has 2 aromatic heterocycles. The number of nitriles is 1. The molecule has 3 aromatic rings. The number of hydrogen-bond donors (Lipinski definition) is 1. The summed E-state index contributed by atoms with van der Waals surface area (Å²) >= 11 is 0.